The third-order valence-electron chi connectivity index (χ3n) is 2.35. The molecule has 0 aliphatic rings. The Bertz CT molecular complexity index is 649. The SMILES string of the molecule is Cc1cnn(CCNS(=O)(=O)c2cnc(N)nc2)c1. The van der Waals surface area contributed by atoms with Crippen LogP contribution in [0.4, 0.5) is 5.95 Å². The number of hydrogen-bond donors (Lipinski definition) is 2. The van der Waals surface area contributed by atoms with Crippen LogP contribution in [0.1, 0.15) is 5.56 Å². The summed E-state index contributed by atoms with van der Waals surface area (Å²) in [5.74, 6) is 0.0333. The van der Waals surface area contributed by atoms with Gasteiger partial charge in [0, 0.05) is 12.7 Å². The second kappa shape index (κ2) is 5.33. The van der Waals surface area contributed by atoms with E-state index in [1.807, 2.05) is 13.1 Å². The van der Waals surface area contributed by atoms with E-state index in [9.17, 15) is 8.42 Å². The van der Waals surface area contributed by atoms with E-state index in [0.717, 1.165) is 5.56 Å². The topological polar surface area (TPSA) is 116 Å². The second-order valence-electron chi connectivity index (χ2n) is 3.96. The van der Waals surface area contributed by atoms with Crippen LogP contribution in [-0.4, -0.2) is 34.7 Å². The number of aryl methyl sites for hydroxylation is 1. The van der Waals surface area contributed by atoms with E-state index in [0.29, 0.717) is 6.54 Å². The largest absolute Gasteiger partial charge is 0.368 e. The lowest BCUT2D eigenvalue weighted by Gasteiger charge is -2.06. The van der Waals surface area contributed by atoms with Crippen LogP contribution >= 0.6 is 0 Å². The normalized spacial score (nSPS) is 11.6. The summed E-state index contributed by atoms with van der Waals surface area (Å²) in [6.07, 6.45) is 5.88. The van der Waals surface area contributed by atoms with Gasteiger partial charge in [-0.05, 0) is 12.5 Å². The Labute approximate surface area is 110 Å². The van der Waals surface area contributed by atoms with Crippen molar-refractivity contribution in [3.05, 3.63) is 30.4 Å². The first-order valence-electron chi connectivity index (χ1n) is 5.53. The number of rotatable bonds is 5. The van der Waals surface area contributed by atoms with Crippen molar-refractivity contribution in [3.8, 4) is 0 Å². The Morgan fingerprint density at radius 1 is 1.32 bits per heavy atom. The highest BCUT2D eigenvalue weighted by Crippen LogP contribution is 2.05. The first kappa shape index (κ1) is 13.4. The van der Waals surface area contributed by atoms with Gasteiger partial charge >= 0.3 is 0 Å². The van der Waals surface area contributed by atoms with Crippen LogP contribution in [0.25, 0.3) is 0 Å². The summed E-state index contributed by atoms with van der Waals surface area (Å²) >= 11 is 0. The minimum Gasteiger partial charge on any atom is -0.368 e. The van der Waals surface area contributed by atoms with Crippen molar-refractivity contribution in [2.45, 2.75) is 18.4 Å². The number of anilines is 1. The molecule has 0 aliphatic heterocycles. The number of nitrogens with one attached hydrogen (secondary N) is 1. The maximum atomic E-state index is 11.9. The van der Waals surface area contributed by atoms with Crippen molar-refractivity contribution < 1.29 is 8.42 Å². The molecule has 0 bridgehead atoms. The zero-order valence-electron chi connectivity index (χ0n) is 10.3. The summed E-state index contributed by atoms with van der Waals surface area (Å²) in [6.45, 7) is 2.59. The lowest BCUT2D eigenvalue weighted by atomic mass is 10.4. The zero-order chi connectivity index (χ0) is 13.9. The molecule has 0 spiro atoms. The molecule has 102 valence electrons. The Balaban J connectivity index is 1.96. The van der Waals surface area contributed by atoms with E-state index in [2.05, 4.69) is 19.8 Å². The maximum Gasteiger partial charge on any atom is 0.243 e. The minimum absolute atomic E-state index is 0.0154. The quantitative estimate of drug-likeness (QED) is 0.766. The molecule has 0 aromatic carbocycles. The fourth-order valence-electron chi connectivity index (χ4n) is 1.43. The van der Waals surface area contributed by atoms with Crippen molar-refractivity contribution in [1.82, 2.24) is 24.5 Å². The summed E-state index contributed by atoms with van der Waals surface area (Å²) in [5, 5.41) is 4.06. The standard InChI is InChI=1S/C10H14N6O2S/c1-8-4-14-16(7-8)3-2-15-19(17,18)9-5-12-10(11)13-6-9/h4-7,15H,2-3H2,1H3,(H2,11,12,13). The Kier molecular flexibility index (Phi) is 3.76. The van der Waals surface area contributed by atoms with Gasteiger partial charge in [0.1, 0.15) is 4.90 Å². The fraction of sp³-hybridized carbons (Fsp3) is 0.300. The van der Waals surface area contributed by atoms with Gasteiger partial charge in [-0.3, -0.25) is 4.68 Å². The predicted octanol–water partition coefficient (Wildman–Crippen LogP) is -0.458. The van der Waals surface area contributed by atoms with Gasteiger partial charge in [-0.15, -0.1) is 0 Å². The van der Waals surface area contributed by atoms with Gasteiger partial charge < -0.3 is 5.73 Å². The van der Waals surface area contributed by atoms with Crippen LogP contribution in [0.5, 0.6) is 0 Å². The molecule has 8 nitrogen and oxygen atoms in total. The molecule has 0 radical (unpaired) electrons. The molecule has 2 heterocycles. The minimum atomic E-state index is -3.61. The third kappa shape index (κ3) is 3.48. The lowest BCUT2D eigenvalue weighted by Crippen LogP contribution is -2.27. The van der Waals surface area contributed by atoms with Crippen LogP contribution < -0.4 is 10.5 Å². The number of hydrogen-bond acceptors (Lipinski definition) is 6. The number of nitrogen functional groups attached to an aromatic ring is 1. The fourth-order valence-corrected chi connectivity index (χ4v) is 2.34. The average molecular weight is 282 g/mol. The summed E-state index contributed by atoms with van der Waals surface area (Å²) in [5.41, 5.74) is 6.32. The first-order chi connectivity index (χ1) is 8.97. The van der Waals surface area contributed by atoms with E-state index in [1.54, 1.807) is 10.9 Å². The molecule has 0 atom stereocenters. The summed E-state index contributed by atoms with van der Waals surface area (Å²) in [6, 6.07) is 0. The summed E-state index contributed by atoms with van der Waals surface area (Å²) in [4.78, 5) is 7.27. The number of nitrogens with zero attached hydrogens (tertiary/aromatic N) is 4. The zero-order valence-corrected chi connectivity index (χ0v) is 11.1. The molecule has 2 aromatic rings. The molecule has 2 rings (SSSR count). The highest BCUT2D eigenvalue weighted by molar-refractivity contribution is 7.89. The third-order valence-corrected chi connectivity index (χ3v) is 3.77. The molecule has 0 aliphatic carbocycles. The monoisotopic (exact) mass is 282 g/mol. The van der Waals surface area contributed by atoms with Gasteiger partial charge in [0.2, 0.25) is 16.0 Å². The molecule has 2 aromatic heterocycles. The molecule has 0 amide bonds. The highest BCUT2D eigenvalue weighted by Gasteiger charge is 2.14. The molecular formula is C10H14N6O2S. The van der Waals surface area contributed by atoms with Gasteiger partial charge in [0.15, 0.2) is 0 Å². The molecule has 19 heavy (non-hydrogen) atoms. The van der Waals surface area contributed by atoms with E-state index in [1.165, 1.54) is 12.4 Å². The molecule has 3 N–H and O–H groups in total. The Hall–Kier alpha value is -2.00. The molecule has 0 unspecified atom stereocenters. The lowest BCUT2D eigenvalue weighted by molar-refractivity contribution is 0.560. The number of aromatic nitrogens is 4. The Morgan fingerprint density at radius 3 is 2.58 bits per heavy atom. The predicted molar refractivity (Wildman–Crippen MR) is 68.6 cm³/mol. The van der Waals surface area contributed by atoms with E-state index in [4.69, 9.17) is 5.73 Å². The van der Waals surface area contributed by atoms with Gasteiger partial charge in [-0.25, -0.2) is 23.1 Å². The molecule has 0 fully saturated rings. The Morgan fingerprint density at radius 2 is 2.00 bits per heavy atom. The van der Waals surface area contributed by atoms with Crippen LogP contribution in [0.2, 0.25) is 0 Å². The summed E-state index contributed by atoms with van der Waals surface area (Å²) < 4.78 is 27.9. The van der Waals surface area contributed by atoms with E-state index >= 15 is 0 Å². The average Bonchev–Trinajstić information content (AvgIpc) is 2.75. The first-order valence-corrected chi connectivity index (χ1v) is 7.02. The van der Waals surface area contributed by atoms with Gasteiger partial charge in [-0.1, -0.05) is 0 Å². The maximum absolute atomic E-state index is 11.9. The van der Waals surface area contributed by atoms with Crippen molar-refractivity contribution >= 4 is 16.0 Å². The van der Waals surface area contributed by atoms with Crippen LogP contribution in [0.15, 0.2) is 29.7 Å². The molecule has 0 saturated carbocycles. The second-order valence-corrected chi connectivity index (χ2v) is 5.72. The molecule has 0 saturated heterocycles. The number of sulfonamides is 1. The molecular weight excluding hydrogens is 268 g/mol. The van der Waals surface area contributed by atoms with Crippen molar-refractivity contribution in [3.63, 3.8) is 0 Å². The van der Waals surface area contributed by atoms with E-state index in [-0.39, 0.29) is 17.4 Å². The highest BCUT2D eigenvalue weighted by atomic mass is 32.2. The summed E-state index contributed by atoms with van der Waals surface area (Å²) in [7, 11) is -3.61. The van der Waals surface area contributed by atoms with Gasteiger partial charge in [-0.2, -0.15) is 5.10 Å². The molecule has 9 heteroatoms. The number of nitrogens with two attached hydrogens (primary N) is 1. The van der Waals surface area contributed by atoms with E-state index < -0.39 is 10.0 Å². The van der Waals surface area contributed by atoms with Crippen LogP contribution in [0, 0.1) is 6.92 Å². The smallest absolute Gasteiger partial charge is 0.243 e. The van der Waals surface area contributed by atoms with Crippen LogP contribution in [0.3, 0.4) is 0 Å². The van der Waals surface area contributed by atoms with Gasteiger partial charge in [0.05, 0.1) is 25.1 Å². The van der Waals surface area contributed by atoms with Crippen molar-refractivity contribution in [1.29, 1.82) is 0 Å². The van der Waals surface area contributed by atoms with Crippen LogP contribution in [-0.2, 0) is 16.6 Å². The van der Waals surface area contributed by atoms with Crippen molar-refractivity contribution in [2.75, 3.05) is 12.3 Å². The van der Waals surface area contributed by atoms with Gasteiger partial charge in [0.25, 0.3) is 0 Å². The van der Waals surface area contributed by atoms with Crippen molar-refractivity contribution in [2.24, 2.45) is 0 Å².